The van der Waals surface area contributed by atoms with Gasteiger partial charge in [0.25, 0.3) is 0 Å². The number of rotatable bonds is 3. The number of carboxylic acid groups (broad SMARTS) is 1. The van der Waals surface area contributed by atoms with E-state index in [1.54, 1.807) is 11.9 Å². The van der Waals surface area contributed by atoms with Gasteiger partial charge < -0.3 is 15.3 Å². The zero-order chi connectivity index (χ0) is 24.6. The molecule has 2 fully saturated rings. The third kappa shape index (κ3) is 4.44. The number of nitrogens with one attached hydrogen (secondary N) is 1. The summed E-state index contributed by atoms with van der Waals surface area (Å²) in [6, 6.07) is 9.20. The van der Waals surface area contributed by atoms with Crippen molar-refractivity contribution in [3.63, 3.8) is 0 Å². The molecule has 2 heterocycles. The molecule has 2 aliphatic carbocycles. The Balaban J connectivity index is 1.41. The molecular formula is C25H30N6O4. The molecule has 0 radical (unpaired) electrons. The fourth-order valence-corrected chi connectivity index (χ4v) is 5.39. The van der Waals surface area contributed by atoms with Gasteiger partial charge in [-0.15, -0.1) is 10.2 Å². The van der Waals surface area contributed by atoms with Crippen molar-refractivity contribution in [1.29, 1.82) is 0 Å². The van der Waals surface area contributed by atoms with Crippen molar-refractivity contribution in [3.05, 3.63) is 42.5 Å². The van der Waals surface area contributed by atoms with Gasteiger partial charge in [-0.3, -0.25) is 9.59 Å². The minimum atomic E-state index is -1.29. The second-order valence-electron chi connectivity index (χ2n) is 9.90. The monoisotopic (exact) mass is 478 g/mol. The normalized spacial score (nSPS) is 31.3. The minimum Gasteiger partial charge on any atom is -0.479 e. The van der Waals surface area contributed by atoms with E-state index in [9.17, 15) is 19.5 Å². The first-order valence-corrected chi connectivity index (χ1v) is 12.2. The Labute approximate surface area is 203 Å². The van der Waals surface area contributed by atoms with E-state index in [2.05, 4.69) is 20.7 Å². The molecule has 5 rings (SSSR count). The number of carbonyl (C=O) groups is 3. The van der Waals surface area contributed by atoms with E-state index in [0.717, 1.165) is 24.8 Å². The maximum Gasteiger partial charge on any atom is 0.330 e. The van der Waals surface area contributed by atoms with E-state index in [0.29, 0.717) is 31.6 Å². The van der Waals surface area contributed by atoms with Crippen molar-refractivity contribution in [2.24, 2.45) is 17.8 Å². The molecule has 0 spiro atoms. The molecule has 0 saturated heterocycles. The molecule has 10 heteroatoms. The van der Waals surface area contributed by atoms with Crippen LogP contribution in [0, 0.1) is 17.8 Å². The Morgan fingerprint density at radius 1 is 1.14 bits per heavy atom. The molecule has 5 atom stereocenters. The highest BCUT2D eigenvalue weighted by Gasteiger charge is 2.61. The van der Waals surface area contributed by atoms with Crippen molar-refractivity contribution in [2.75, 3.05) is 13.6 Å². The van der Waals surface area contributed by atoms with Gasteiger partial charge in [-0.25, -0.2) is 4.79 Å². The van der Waals surface area contributed by atoms with E-state index >= 15 is 0 Å². The Bertz CT molecular complexity index is 1150. The van der Waals surface area contributed by atoms with Gasteiger partial charge in [0.2, 0.25) is 17.6 Å². The largest absolute Gasteiger partial charge is 0.479 e. The predicted molar refractivity (Wildman–Crippen MR) is 126 cm³/mol. The summed E-state index contributed by atoms with van der Waals surface area (Å²) in [5, 5.41) is 25.6. The van der Waals surface area contributed by atoms with Crippen LogP contribution in [0.5, 0.6) is 0 Å². The van der Waals surface area contributed by atoms with Crippen molar-refractivity contribution in [3.8, 4) is 11.4 Å². The van der Waals surface area contributed by atoms with Crippen LogP contribution in [0.4, 0.5) is 0 Å². The molecule has 1 aliphatic heterocycles. The maximum atomic E-state index is 13.4. The van der Waals surface area contributed by atoms with E-state index in [1.807, 2.05) is 42.5 Å². The zero-order valence-corrected chi connectivity index (χ0v) is 19.7. The number of benzene rings is 1. The number of aromatic nitrogens is 4. The van der Waals surface area contributed by atoms with Crippen molar-refractivity contribution in [1.82, 2.24) is 30.4 Å². The molecule has 0 unspecified atom stereocenters. The Kier molecular flexibility index (Phi) is 6.12. The lowest BCUT2D eigenvalue weighted by atomic mass is 9.93. The maximum absolute atomic E-state index is 13.4. The molecule has 2 N–H and O–H groups in total. The topological polar surface area (TPSA) is 130 Å². The molecule has 0 bridgehead atoms. The molecule has 3 aliphatic rings. The van der Waals surface area contributed by atoms with E-state index in [4.69, 9.17) is 0 Å². The van der Waals surface area contributed by atoms with Gasteiger partial charge in [0.15, 0.2) is 0 Å². The SMILES string of the molecule is CN1CCCCC=C[C@@H]2C[C@@]2(C(=O)O)NC(=O)[C@@H]2C[C@@H](n3nnc(-c4ccccc4)n3)C[C@H]2C1=O. The number of carboxylic acids is 1. The summed E-state index contributed by atoms with van der Waals surface area (Å²) in [5.74, 6) is -2.50. The predicted octanol–water partition coefficient (Wildman–Crippen LogP) is 2.07. The summed E-state index contributed by atoms with van der Waals surface area (Å²) in [5.41, 5.74) is -0.457. The summed E-state index contributed by atoms with van der Waals surface area (Å²) in [7, 11) is 1.77. The zero-order valence-electron chi connectivity index (χ0n) is 19.7. The molecule has 35 heavy (non-hydrogen) atoms. The number of hydrogen-bond donors (Lipinski definition) is 2. The van der Waals surface area contributed by atoms with Gasteiger partial charge in [-0.1, -0.05) is 42.5 Å². The third-order valence-electron chi connectivity index (χ3n) is 7.58. The van der Waals surface area contributed by atoms with Crippen molar-refractivity contribution >= 4 is 17.8 Å². The highest BCUT2D eigenvalue weighted by Crippen LogP contribution is 2.47. The number of fused-ring (bicyclic) bond motifs is 2. The summed E-state index contributed by atoms with van der Waals surface area (Å²) < 4.78 is 0. The summed E-state index contributed by atoms with van der Waals surface area (Å²) in [6.07, 6.45) is 7.58. The van der Waals surface area contributed by atoms with Crippen LogP contribution in [-0.4, -0.2) is 67.1 Å². The fraction of sp³-hybridized carbons (Fsp3) is 0.520. The Morgan fingerprint density at radius 2 is 1.91 bits per heavy atom. The van der Waals surface area contributed by atoms with E-state index in [1.165, 1.54) is 4.80 Å². The number of tetrazole rings is 1. The number of carbonyl (C=O) groups excluding carboxylic acids is 2. The quantitative estimate of drug-likeness (QED) is 0.646. The van der Waals surface area contributed by atoms with Gasteiger partial charge in [0, 0.05) is 25.1 Å². The van der Waals surface area contributed by atoms with Crippen LogP contribution in [0.2, 0.25) is 0 Å². The summed E-state index contributed by atoms with van der Waals surface area (Å²) >= 11 is 0. The second kappa shape index (κ2) is 9.24. The lowest BCUT2D eigenvalue weighted by Crippen LogP contribution is -2.49. The summed E-state index contributed by atoms with van der Waals surface area (Å²) in [4.78, 5) is 42.1. The summed E-state index contributed by atoms with van der Waals surface area (Å²) in [6.45, 7) is 0.615. The molecule has 1 aromatic heterocycles. The standard InChI is InChI=1S/C25H30N6O4/c1-30-12-8-3-2-7-11-17-15-25(17,24(34)35)26-22(32)19-13-18(14-20(19)23(30)33)31-28-21(27-29-31)16-9-5-4-6-10-16/h4-7,9-11,17-20H,2-3,8,12-15H2,1H3,(H,26,32)(H,34,35)/t17-,18-,19-,20-,25-/m1/s1. The van der Waals surface area contributed by atoms with Gasteiger partial charge in [0.1, 0.15) is 5.54 Å². The molecule has 1 aromatic carbocycles. The number of amides is 2. The van der Waals surface area contributed by atoms with Crippen LogP contribution in [0.15, 0.2) is 42.5 Å². The van der Waals surface area contributed by atoms with Crippen LogP contribution >= 0.6 is 0 Å². The number of nitrogens with zero attached hydrogens (tertiary/aromatic N) is 5. The molecule has 184 valence electrons. The van der Waals surface area contributed by atoms with Crippen LogP contribution in [0.1, 0.15) is 44.6 Å². The fourth-order valence-electron chi connectivity index (χ4n) is 5.39. The average molecular weight is 479 g/mol. The first-order chi connectivity index (χ1) is 16.9. The van der Waals surface area contributed by atoms with E-state index in [-0.39, 0.29) is 17.9 Å². The molecule has 2 aromatic rings. The Morgan fingerprint density at radius 3 is 2.69 bits per heavy atom. The van der Waals surface area contributed by atoms with Crippen molar-refractivity contribution < 1.29 is 19.5 Å². The lowest BCUT2D eigenvalue weighted by Gasteiger charge is -2.26. The van der Waals surface area contributed by atoms with Crippen LogP contribution in [-0.2, 0) is 14.4 Å². The minimum absolute atomic E-state index is 0.0969. The molecule has 2 saturated carbocycles. The van der Waals surface area contributed by atoms with Crippen LogP contribution in [0.3, 0.4) is 0 Å². The van der Waals surface area contributed by atoms with Crippen LogP contribution < -0.4 is 5.32 Å². The van der Waals surface area contributed by atoms with E-state index < -0.39 is 29.3 Å². The third-order valence-corrected chi connectivity index (χ3v) is 7.58. The van der Waals surface area contributed by atoms with Gasteiger partial charge in [-0.05, 0) is 43.7 Å². The smallest absolute Gasteiger partial charge is 0.330 e. The molecule has 10 nitrogen and oxygen atoms in total. The average Bonchev–Trinajstić information content (AvgIpc) is 3.18. The second-order valence-corrected chi connectivity index (χ2v) is 9.90. The van der Waals surface area contributed by atoms with Gasteiger partial charge in [-0.2, -0.15) is 4.80 Å². The molecular weight excluding hydrogens is 448 g/mol. The van der Waals surface area contributed by atoms with Crippen LogP contribution in [0.25, 0.3) is 11.4 Å². The number of aliphatic carboxylic acids is 1. The number of hydrogen-bond acceptors (Lipinski definition) is 6. The first kappa shape index (κ1) is 23.2. The lowest BCUT2D eigenvalue weighted by molar-refractivity contribution is -0.145. The van der Waals surface area contributed by atoms with Gasteiger partial charge in [0.05, 0.1) is 17.9 Å². The Hall–Kier alpha value is -3.56. The highest BCUT2D eigenvalue weighted by atomic mass is 16.4. The van der Waals surface area contributed by atoms with Gasteiger partial charge >= 0.3 is 5.97 Å². The first-order valence-electron chi connectivity index (χ1n) is 12.2. The highest BCUT2D eigenvalue weighted by molar-refractivity contribution is 5.94. The molecule has 2 amide bonds. The number of allylic oxidation sites excluding steroid dienone is 1. The van der Waals surface area contributed by atoms with Crippen molar-refractivity contribution in [2.45, 2.75) is 50.1 Å².